The summed E-state index contributed by atoms with van der Waals surface area (Å²) in [5, 5.41) is 3.32. The van der Waals surface area contributed by atoms with Crippen molar-refractivity contribution in [3.8, 4) is 5.75 Å². The maximum Gasteiger partial charge on any atom is 0.164 e. The van der Waals surface area contributed by atoms with Crippen LogP contribution in [0.2, 0.25) is 0 Å². The van der Waals surface area contributed by atoms with Crippen LogP contribution in [-0.2, 0) is 6.42 Å². The van der Waals surface area contributed by atoms with Gasteiger partial charge in [0.05, 0.1) is 18.7 Å². The van der Waals surface area contributed by atoms with Crippen LogP contribution in [0.1, 0.15) is 40.9 Å². The number of ether oxygens (including phenoxy) is 1. The molecule has 1 aliphatic carbocycles. The Morgan fingerprint density at radius 2 is 2.05 bits per heavy atom. The molecule has 2 aromatic carbocycles. The maximum absolute atomic E-state index is 13.9. The van der Waals surface area contributed by atoms with Gasteiger partial charge in [0, 0.05) is 5.69 Å². The first-order valence-corrected chi connectivity index (χ1v) is 7.33. The molecule has 0 heterocycles. The first-order chi connectivity index (χ1) is 10.6. The van der Waals surface area contributed by atoms with Gasteiger partial charge in [0.15, 0.2) is 5.78 Å². The van der Waals surface area contributed by atoms with Crippen LogP contribution in [0.3, 0.4) is 0 Å². The molecular formula is C18H18FNO2. The van der Waals surface area contributed by atoms with Gasteiger partial charge in [-0.2, -0.15) is 0 Å². The Hall–Kier alpha value is -2.36. The Balaban J connectivity index is 1.95. The molecule has 4 heteroatoms. The Morgan fingerprint density at radius 1 is 1.27 bits per heavy atom. The molecule has 1 atom stereocenters. The van der Waals surface area contributed by atoms with Crippen molar-refractivity contribution >= 4 is 11.5 Å². The second-order valence-corrected chi connectivity index (χ2v) is 5.48. The first kappa shape index (κ1) is 14.6. The molecule has 0 aliphatic heterocycles. The van der Waals surface area contributed by atoms with E-state index < -0.39 is 5.82 Å². The summed E-state index contributed by atoms with van der Waals surface area (Å²) in [6, 6.07) is 10.7. The van der Waals surface area contributed by atoms with Gasteiger partial charge >= 0.3 is 0 Å². The normalized spacial score (nSPS) is 16.2. The predicted octanol–water partition coefficient (Wildman–Crippen LogP) is 4.14. The minimum Gasteiger partial charge on any atom is -0.496 e. The molecule has 1 aliphatic rings. The van der Waals surface area contributed by atoms with Crippen molar-refractivity contribution in [2.75, 3.05) is 12.4 Å². The van der Waals surface area contributed by atoms with Gasteiger partial charge in [-0.15, -0.1) is 0 Å². The Bertz CT molecular complexity index is 727. The van der Waals surface area contributed by atoms with Gasteiger partial charge in [0.1, 0.15) is 11.6 Å². The minimum atomic E-state index is -0.485. The van der Waals surface area contributed by atoms with E-state index in [2.05, 4.69) is 11.4 Å². The third-order valence-corrected chi connectivity index (χ3v) is 4.14. The number of hydrogen-bond acceptors (Lipinski definition) is 3. The van der Waals surface area contributed by atoms with E-state index >= 15 is 0 Å². The monoisotopic (exact) mass is 299 g/mol. The number of nitrogens with one attached hydrogen (secondary N) is 1. The smallest absolute Gasteiger partial charge is 0.164 e. The zero-order valence-electron chi connectivity index (χ0n) is 12.7. The number of halogens is 1. The number of benzene rings is 2. The fourth-order valence-electron chi connectivity index (χ4n) is 3.15. The lowest BCUT2D eigenvalue weighted by molar-refractivity contribution is 0.101. The summed E-state index contributed by atoms with van der Waals surface area (Å²) in [7, 11) is 1.66. The number of methoxy groups -OCH3 is 1. The largest absolute Gasteiger partial charge is 0.496 e. The van der Waals surface area contributed by atoms with Crippen LogP contribution in [0.4, 0.5) is 10.1 Å². The fraction of sp³-hybridized carbons (Fsp3) is 0.278. The lowest BCUT2D eigenvalue weighted by Gasteiger charge is -2.18. The molecule has 0 amide bonds. The molecule has 0 bridgehead atoms. The average Bonchev–Trinajstić information content (AvgIpc) is 2.90. The summed E-state index contributed by atoms with van der Waals surface area (Å²) in [5.74, 6) is 0.124. The molecule has 0 aromatic heterocycles. The number of rotatable bonds is 4. The Labute approximate surface area is 129 Å². The van der Waals surface area contributed by atoms with E-state index in [1.165, 1.54) is 18.6 Å². The van der Waals surface area contributed by atoms with Gasteiger partial charge in [0.2, 0.25) is 0 Å². The van der Waals surface area contributed by atoms with Crippen LogP contribution < -0.4 is 10.1 Å². The Morgan fingerprint density at radius 3 is 2.77 bits per heavy atom. The van der Waals surface area contributed by atoms with E-state index in [1.54, 1.807) is 19.2 Å². The summed E-state index contributed by atoms with van der Waals surface area (Å²) in [6.45, 7) is 1.38. The van der Waals surface area contributed by atoms with Crippen LogP contribution >= 0.6 is 0 Å². The van der Waals surface area contributed by atoms with Crippen LogP contribution in [0.5, 0.6) is 5.75 Å². The van der Waals surface area contributed by atoms with Crippen LogP contribution in [0, 0.1) is 5.82 Å². The van der Waals surface area contributed by atoms with Gasteiger partial charge in [-0.05, 0) is 49.1 Å². The molecule has 0 saturated carbocycles. The summed E-state index contributed by atoms with van der Waals surface area (Å²) in [4.78, 5) is 11.7. The van der Waals surface area contributed by atoms with Crippen molar-refractivity contribution in [2.24, 2.45) is 0 Å². The van der Waals surface area contributed by atoms with Crippen molar-refractivity contribution in [2.45, 2.75) is 25.8 Å². The lowest BCUT2D eigenvalue weighted by Crippen LogP contribution is -2.11. The number of hydrogen-bond donors (Lipinski definition) is 1. The van der Waals surface area contributed by atoms with Crippen molar-refractivity contribution in [3.05, 3.63) is 58.9 Å². The number of Topliss-reactive ketones (excluding diaryl/α,β-unsaturated/α-hetero) is 1. The number of ketones is 1. The molecule has 114 valence electrons. The molecule has 22 heavy (non-hydrogen) atoms. The second-order valence-electron chi connectivity index (χ2n) is 5.48. The second kappa shape index (κ2) is 5.79. The number of carbonyl (C=O) groups is 1. The van der Waals surface area contributed by atoms with Crippen molar-refractivity contribution in [3.63, 3.8) is 0 Å². The molecule has 0 fully saturated rings. The van der Waals surface area contributed by atoms with Crippen LogP contribution in [-0.4, -0.2) is 12.9 Å². The molecule has 0 radical (unpaired) electrons. The average molecular weight is 299 g/mol. The van der Waals surface area contributed by atoms with E-state index in [4.69, 9.17) is 4.74 Å². The summed E-state index contributed by atoms with van der Waals surface area (Å²) >= 11 is 0. The number of carbonyl (C=O) groups excluding carboxylic acids is 1. The number of fused-ring (bicyclic) bond motifs is 1. The lowest BCUT2D eigenvalue weighted by atomic mass is 10.0. The summed E-state index contributed by atoms with van der Waals surface area (Å²) in [5.41, 5.74) is 3.01. The van der Waals surface area contributed by atoms with E-state index in [0.717, 1.165) is 24.2 Å². The van der Waals surface area contributed by atoms with Crippen molar-refractivity contribution in [1.82, 2.24) is 0 Å². The molecule has 0 spiro atoms. The highest BCUT2D eigenvalue weighted by atomic mass is 19.1. The van der Waals surface area contributed by atoms with E-state index in [9.17, 15) is 9.18 Å². The topological polar surface area (TPSA) is 38.3 Å². The van der Waals surface area contributed by atoms with Crippen LogP contribution in [0.15, 0.2) is 36.4 Å². The predicted molar refractivity (Wildman–Crippen MR) is 84.1 cm³/mol. The summed E-state index contributed by atoms with van der Waals surface area (Å²) in [6.07, 6.45) is 1.80. The van der Waals surface area contributed by atoms with Gasteiger partial charge in [-0.1, -0.05) is 18.2 Å². The van der Waals surface area contributed by atoms with Gasteiger partial charge in [0.25, 0.3) is 0 Å². The molecule has 1 unspecified atom stereocenters. The maximum atomic E-state index is 13.9. The van der Waals surface area contributed by atoms with Crippen molar-refractivity contribution in [1.29, 1.82) is 0 Å². The number of anilines is 1. The highest BCUT2D eigenvalue weighted by molar-refractivity contribution is 5.99. The molecule has 3 rings (SSSR count). The minimum absolute atomic E-state index is 0.0602. The standard InChI is InChI=1S/C18H18FNO2/c1-11(21)18-14(19)6-4-7-16(18)20-15-10-9-13-12(15)5-3-8-17(13)22-2/h3-8,15,20H,9-10H2,1-2H3. The highest BCUT2D eigenvalue weighted by Crippen LogP contribution is 2.39. The quantitative estimate of drug-likeness (QED) is 0.862. The Kier molecular flexibility index (Phi) is 3.84. The zero-order chi connectivity index (χ0) is 15.7. The third-order valence-electron chi connectivity index (χ3n) is 4.14. The van der Waals surface area contributed by atoms with Crippen LogP contribution in [0.25, 0.3) is 0 Å². The van der Waals surface area contributed by atoms with Gasteiger partial charge in [-0.25, -0.2) is 4.39 Å². The molecule has 1 N–H and O–H groups in total. The van der Waals surface area contributed by atoms with E-state index in [0.29, 0.717) is 5.69 Å². The zero-order valence-corrected chi connectivity index (χ0v) is 12.7. The molecule has 3 nitrogen and oxygen atoms in total. The SMILES string of the molecule is COc1cccc2c1CCC2Nc1cccc(F)c1C(C)=O. The van der Waals surface area contributed by atoms with E-state index in [-0.39, 0.29) is 17.4 Å². The van der Waals surface area contributed by atoms with Gasteiger partial charge < -0.3 is 10.1 Å². The summed E-state index contributed by atoms with van der Waals surface area (Å²) < 4.78 is 19.3. The third kappa shape index (κ3) is 2.45. The first-order valence-electron chi connectivity index (χ1n) is 7.33. The highest BCUT2D eigenvalue weighted by Gasteiger charge is 2.26. The fourth-order valence-corrected chi connectivity index (χ4v) is 3.15. The van der Waals surface area contributed by atoms with E-state index in [1.807, 2.05) is 12.1 Å². The van der Waals surface area contributed by atoms with Crippen molar-refractivity contribution < 1.29 is 13.9 Å². The molecule has 0 saturated heterocycles. The molecule has 2 aromatic rings. The van der Waals surface area contributed by atoms with Gasteiger partial charge in [-0.3, -0.25) is 4.79 Å². The molecular weight excluding hydrogens is 281 g/mol.